The number of hydrogen-bond donors (Lipinski definition) is 1. The molecule has 0 aliphatic heterocycles. The Bertz CT molecular complexity index is 397. The number of anilines is 2. The molecule has 1 fully saturated rings. The third-order valence-electron chi connectivity index (χ3n) is 3.05. The Morgan fingerprint density at radius 1 is 1.29 bits per heavy atom. The van der Waals surface area contributed by atoms with Crippen molar-refractivity contribution in [2.24, 2.45) is 0 Å². The van der Waals surface area contributed by atoms with E-state index >= 15 is 0 Å². The largest absolute Gasteiger partial charge is 0.370 e. The first-order valence-electron chi connectivity index (χ1n) is 6.43. The SMILES string of the molecule is CCCNc1nc(C2CC2)nc(N(C)C)c1C. The van der Waals surface area contributed by atoms with Crippen LogP contribution in [0.1, 0.15) is 43.5 Å². The van der Waals surface area contributed by atoms with Gasteiger partial charge in [-0.05, 0) is 26.2 Å². The Balaban J connectivity index is 2.34. The monoisotopic (exact) mass is 234 g/mol. The molecule has 1 N–H and O–H groups in total. The van der Waals surface area contributed by atoms with Crippen molar-refractivity contribution in [3.63, 3.8) is 0 Å². The van der Waals surface area contributed by atoms with Gasteiger partial charge in [0.1, 0.15) is 17.5 Å². The molecule has 0 atom stereocenters. The molecule has 1 aliphatic rings. The molecule has 1 saturated carbocycles. The van der Waals surface area contributed by atoms with Crippen LogP contribution in [0, 0.1) is 6.92 Å². The van der Waals surface area contributed by atoms with Gasteiger partial charge in [-0.3, -0.25) is 0 Å². The van der Waals surface area contributed by atoms with E-state index in [0.717, 1.165) is 36.0 Å². The summed E-state index contributed by atoms with van der Waals surface area (Å²) in [6.07, 6.45) is 3.59. The first kappa shape index (κ1) is 12.1. The second-order valence-electron chi connectivity index (χ2n) is 4.97. The second kappa shape index (κ2) is 4.90. The van der Waals surface area contributed by atoms with Gasteiger partial charge in [0.2, 0.25) is 0 Å². The lowest BCUT2D eigenvalue weighted by Gasteiger charge is -2.18. The predicted molar refractivity (Wildman–Crippen MR) is 71.9 cm³/mol. The van der Waals surface area contributed by atoms with Crippen LogP contribution >= 0.6 is 0 Å². The van der Waals surface area contributed by atoms with E-state index < -0.39 is 0 Å². The lowest BCUT2D eigenvalue weighted by Crippen LogP contribution is -2.16. The molecular formula is C13H22N4. The van der Waals surface area contributed by atoms with Crippen molar-refractivity contribution < 1.29 is 0 Å². The van der Waals surface area contributed by atoms with E-state index in [1.165, 1.54) is 12.8 Å². The highest BCUT2D eigenvalue weighted by atomic mass is 15.2. The maximum absolute atomic E-state index is 4.68. The minimum absolute atomic E-state index is 0.594. The zero-order chi connectivity index (χ0) is 12.4. The van der Waals surface area contributed by atoms with Crippen LogP contribution < -0.4 is 10.2 Å². The van der Waals surface area contributed by atoms with Crippen LogP contribution in [-0.4, -0.2) is 30.6 Å². The van der Waals surface area contributed by atoms with Crippen LogP contribution in [0.3, 0.4) is 0 Å². The van der Waals surface area contributed by atoms with Gasteiger partial charge in [-0.1, -0.05) is 6.92 Å². The molecule has 4 heteroatoms. The van der Waals surface area contributed by atoms with Gasteiger partial charge in [0.25, 0.3) is 0 Å². The van der Waals surface area contributed by atoms with Gasteiger partial charge in [-0.2, -0.15) is 0 Å². The molecule has 0 saturated heterocycles. The highest BCUT2D eigenvalue weighted by molar-refractivity contribution is 5.58. The fraction of sp³-hybridized carbons (Fsp3) is 0.692. The maximum atomic E-state index is 4.68. The van der Waals surface area contributed by atoms with Gasteiger partial charge in [0.15, 0.2) is 0 Å². The van der Waals surface area contributed by atoms with Crippen LogP contribution in [0.15, 0.2) is 0 Å². The van der Waals surface area contributed by atoms with Crippen LogP contribution in [0.25, 0.3) is 0 Å². The van der Waals surface area contributed by atoms with E-state index in [9.17, 15) is 0 Å². The van der Waals surface area contributed by atoms with E-state index in [2.05, 4.69) is 34.0 Å². The van der Waals surface area contributed by atoms with Crippen molar-refractivity contribution >= 4 is 11.6 Å². The van der Waals surface area contributed by atoms with Gasteiger partial charge in [0.05, 0.1) is 0 Å². The lowest BCUT2D eigenvalue weighted by molar-refractivity contribution is 0.882. The first-order valence-corrected chi connectivity index (χ1v) is 6.43. The summed E-state index contributed by atoms with van der Waals surface area (Å²) in [5, 5.41) is 3.40. The molecule has 1 aromatic rings. The Kier molecular flexibility index (Phi) is 3.50. The molecule has 17 heavy (non-hydrogen) atoms. The fourth-order valence-electron chi connectivity index (χ4n) is 1.90. The molecule has 0 unspecified atom stereocenters. The highest BCUT2D eigenvalue weighted by Crippen LogP contribution is 2.39. The van der Waals surface area contributed by atoms with E-state index in [1.54, 1.807) is 0 Å². The zero-order valence-electron chi connectivity index (χ0n) is 11.2. The van der Waals surface area contributed by atoms with Gasteiger partial charge < -0.3 is 10.2 Å². The third-order valence-corrected chi connectivity index (χ3v) is 3.05. The molecule has 0 aromatic carbocycles. The molecule has 0 spiro atoms. The van der Waals surface area contributed by atoms with Gasteiger partial charge in [0, 0.05) is 32.1 Å². The van der Waals surface area contributed by atoms with Gasteiger partial charge >= 0.3 is 0 Å². The van der Waals surface area contributed by atoms with Crippen LogP contribution in [0.4, 0.5) is 11.6 Å². The maximum Gasteiger partial charge on any atom is 0.136 e. The standard InChI is InChI=1S/C13H22N4/c1-5-8-14-11-9(2)13(17(3)4)16-12(15-11)10-6-7-10/h10H,5-8H2,1-4H3,(H,14,15,16). The molecule has 1 aromatic heterocycles. The molecule has 4 nitrogen and oxygen atoms in total. The number of rotatable bonds is 5. The summed E-state index contributed by atoms with van der Waals surface area (Å²) in [5.74, 6) is 3.65. The summed E-state index contributed by atoms with van der Waals surface area (Å²) in [4.78, 5) is 11.4. The van der Waals surface area contributed by atoms with Crippen LogP contribution in [-0.2, 0) is 0 Å². The Labute approximate surface area is 103 Å². The molecular weight excluding hydrogens is 212 g/mol. The summed E-state index contributed by atoms with van der Waals surface area (Å²) < 4.78 is 0. The summed E-state index contributed by atoms with van der Waals surface area (Å²) in [5.41, 5.74) is 1.15. The van der Waals surface area contributed by atoms with Gasteiger partial charge in [-0.15, -0.1) is 0 Å². The number of nitrogens with zero attached hydrogens (tertiary/aromatic N) is 3. The lowest BCUT2D eigenvalue weighted by atomic mass is 10.2. The predicted octanol–water partition coefficient (Wildman–Crippen LogP) is 2.55. The van der Waals surface area contributed by atoms with E-state index in [0.29, 0.717) is 5.92 Å². The van der Waals surface area contributed by atoms with Crippen molar-refractivity contribution in [3.8, 4) is 0 Å². The molecule has 1 aliphatic carbocycles. The van der Waals surface area contributed by atoms with E-state index in [4.69, 9.17) is 0 Å². The topological polar surface area (TPSA) is 41.1 Å². The van der Waals surface area contributed by atoms with Crippen molar-refractivity contribution in [3.05, 3.63) is 11.4 Å². The summed E-state index contributed by atoms with van der Waals surface area (Å²) in [7, 11) is 4.07. The molecule has 0 amide bonds. The molecule has 1 heterocycles. The molecule has 2 rings (SSSR count). The average molecular weight is 234 g/mol. The van der Waals surface area contributed by atoms with Crippen molar-refractivity contribution in [1.82, 2.24) is 9.97 Å². The van der Waals surface area contributed by atoms with E-state index in [-0.39, 0.29) is 0 Å². The summed E-state index contributed by atoms with van der Waals surface area (Å²) >= 11 is 0. The average Bonchev–Trinajstić information content (AvgIpc) is 3.11. The molecule has 0 bridgehead atoms. The first-order chi connectivity index (χ1) is 8.13. The number of nitrogens with one attached hydrogen (secondary N) is 1. The number of aromatic nitrogens is 2. The van der Waals surface area contributed by atoms with Crippen molar-refractivity contribution in [2.45, 2.75) is 39.0 Å². The summed E-state index contributed by atoms with van der Waals surface area (Å²) in [6, 6.07) is 0. The second-order valence-corrected chi connectivity index (χ2v) is 4.97. The van der Waals surface area contributed by atoms with Crippen molar-refractivity contribution in [2.75, 3.05) is 30.9 Å². The Morgan fingerprint density at radius 3 is 2.53 bits per heavy atom. The third kappa shape index (κ3) is 2.68. The Hall–Kier alpha value is -1.32. The van der Waals surface area contributed by atoms with Crippen LogP contribution in [0.2, 0.25) is 0 Å². The van der Waals surface area contributed by atoms with E-state index in [1.807, 2.05) is 14.1 Å². The normalized spacial score (nSPS) is 14.8. The molecule has 0 radical (unpaired) electrons. The fourth-order valence-corrected chi connectivity index (χ4v) is 1.90. The minimum Gasteiger partial charge on any atom is -0.370 e. The summed E-state index contributed by atoms with van der Waals surface area (Å²) in [6.45, 7) is 5.22. The molecule has 94 valence electrons. The van der Waals surface area contributed by atoms with Gasteiger partial charge in [-0.25, -0.2) is 9.97 Å². The Morgan fingerprint density at radius 2 is 2.00 bits per heavy atom. The van der Waals surface area contributed by atoms with Crippen LogP contribution in [0.5, 0.6) is 0 Å². The quantitative estimate of drug-likeness (QED) is 0.850. The van der Waals surface area contributed by atoms with Crippen molar-refractivity contribution in [1.29, 1.82) is 0 Å². The highest BCUT2D eigenvalue weighted by Gasteiger charge is 2.28. The number of hydrogen-bond acceptors (Lipinski definition) is 4. The smallest absolute Gasteiger partial charge is 0.136 e. The minimum atomic E-state index is 0.594. The zero-order valence-corrected chi connectivity index (χ0v) is 11.2.